The molecule has 11 nitrogen and oxygen atoms in total. The third-order valence-electron chi connectivity index (χ3n) is 5.86. The number of fused-ring (bicyclic) bond motifs is 5. The second kappa shape index (κ2) is 8.35. The van der Waals surface area contributed by atoms with Crippen LogP contribution in [-0.2, 0) is 13.2 Å². The first-order valence-electron chi connectivity index (χ1n) is 11.2. The molecule has 4 aromatic heterocycles. The zero-order valence-electron chi connectivity index (χ0n) is 19.4. The molecule has 1 aliphatic heterocycles. The fraction of sp³-hybridized carbons (Fsp3) is 0.250. The van der Waals surface area contributed by atoms with Crippen LogP contribution in [0, 0.1) is 0 Å². The van der Waals surface area contributed by atoms with Gasteiger partial charge in [-0.1, -0.05) is 19.0 Å². The smallest absolute Gasteiger partial charge is 0.229 e. The molecular formula is C24H22N8O3. The zero-order chi connectivity index (χ0) is 23.9. The molecule has 5 aromatic rings. The van der Waals surface area contributed by atoms with E-state index < -0.39 is 0 Å². The van der Waals surface area contributed by atoms with Crippen molar-refractivity contribution in [1.29, 1.82) is 0 Å². The number of nitrogens with zero attached hydrogens (tertiary/aromatic N) is 8. The molecule has 0 N–H and O–H groups in total. The van der Waals surface area contributed by atoms with Gasteiger partial charge in [-0.3, -0.25) is 9.55 Å². The Morgan fingerprint density at radius 3 is 2.83 bits per heavy atom. The van der Waals surface area contributed by atoms with E-state index in [4.69, 9.17) is 14.0 Å². The Hall–Kier alpha value is -4.54. The molecule has 35 heavy (non-hydrogen) atoms. The predicted octanol–water partition coefficient (Wildman–Crippen LogP) is 3.65. The summed E-state index contributed by atoms with van der Waals surface area (Å²) in [6.45, 7) is 4.67. The van der Waals surface area contributed by atoms with Crippen LogP contribution in [0.5, 0.6) is 11.5 Å². The molecule has 1 aromatic carbocycles. The first kappa shape index (κ1) is 21.0. The first-order valence-corrected chi connectivity index (χ1v) is 11.2. The van der Waals surface area contributed by atoms with Crippen LogP contribution in [0.25, 0.3) is 28.6 Å². The quantitative estimate of drug-likeness (QED) is 0.359. The van der Waals surface area contributed by atoms with Crippen LogP contribution in [0.3, 0.4) is 0 Å². The van der Waals surface area contributed by atoms with E-state index in [-0.39, 0.29) is 12.5 Å². The van der Waals surface area contributed by atoms with Crippen LogP contribution in [0.15, 0.2) is 53.6 Å². The van der Waals surface area contributed by atoms with Gasteiger partial charge in [-0.25, -0.2) is 4.98 Å². The van der Waals surface area contributed by atoms with Crippen LogP contribution < -0.4 is 9.47 Å². The van der Waals surface area contributed by atoms with E-state index in [2.05, 4.69) is 30.3 Å². The average Bonchev–Trinajstić information content (AvgIpc) is 3.61. The molecule has 6 rings (SSSR count). The lowest BCUT2D eigenvalue weighted by atomic mass is 10.1. The lowest BCUT2D eigenvalue weighted by Gasteiger charge is -2.10. The highest BCUT2D eigenvalue weighted by Gasteiger charge is 2.28. The summed E-state index contributed by atoms with van der Waals surface area (Å²) in [5.74, 6) is 3.86. The molecule has 176 valence electrons. The number of rotatable bonds is 6. The normalized spacial score (nSPS) is 12.1. The van der Waals surface area contributed by atoms with Gasteiger partial charge in [0, 0.05) is 17.7 Å². The first-order chi connectivity index (χ1) is 17.1. The van der Waals surface area contributed by atoms with Crippen molar-refractivity contribution in [3.63, 3.8) is 0 Å². The van der Waals surface area contributed by atoms with Gasteiger partial charge in [0.2, 0.25) is 11.7 Å². The fourth-order valence-corrected chi connectivity index (χ4v) is 4.05. The minimum absolute atomic E-state index is 0.117. The molecule has 0 saturated heterocycles. The molecule has 0 unspecified atom stereocenters. The number of pyridine rings is 1. The molecule has 0 amide bonds. The number of benzene rings is 1. The van der Waals surface area contributed by atoms with E-state index in [0.29, 0.717) is 41.4 Å². The maximum Gasteiger partial charge on any atom is 0.229 e. The summed E-state index contributed by atoms with van der Waals surface area (Å²) >= 11 is 0. The van der Waals surface area contributed by atoms with Gasteiger partial charge >= 0.3 is 0 Å². The number of aromatic nitrogens is 8. The maximum atomic E-state index is 5.93. The lowest BCUT2D eigenvalue weighted by molar-refractivity contribution is 0.289. The van der Waals surface area contributed by atoms with E-state index in [1.165, 1.54) is 0 Å². The van der Waals surface area contributed by atoms with Crippen molar-refractivity contribution < 1.29 is 14.0 Å². The molecule has 0 atom stereocenters. The van der Waals surface area contributed by atoms with E-state index in [1.54, 1.807) is 25.8 Å². The molecule has 0 radical (unpaired) electrons. The topological polar surface area (TPSA) is 119 Å². The second-order valence-corrected chi connectivity index (χ2v) is 8.41. The fourth-order valence-electron chi connectivity index (χ4n) is 4.05. The van der Waals surface area contributed by atoms with Crippen LogP contribution in [0.1, 0.15) is 37.2 Å². The van der Waals surface area contributed by atoms with Gasteiger partial charge in [0.15, 0.2) is 11.6 Å². The highest BCUT2D eigenvalue weighted by atomic mass is 16.5. The van der Waals surface area contributed by atoms with Crippen LogP contribution >= 0.6 is 0 Å². The van der Waals surface area contributed by atoms with Crippen molar-refractivity contribution in [2.75, 3.05) is 7.11 Å². The summed E-state index contributed by atoms with van der Waals surface area (Å²) in [5, 5.41) is 13.1. The van der Waals surface area contributed by atoms with E-state index in [9.17, 15) is 0 Å². The van der Waals surface area contributed by atoms with Gasteiger partial charge in [0.05, 0.1) is 31.2 Å². The Bertz CT molecular complexity index is 1500. The minimum atomic E-state index is 0.117. The highest BCUT2D eigenvalue weighted by Crippen LogP contribution is 2.36. The maximum absolute atomic E-state index is 5.93. The van der Waals surface area contributed by atoms with Crippen LogP contribution in [0.4, 0.5) is 0 Å². The molecule has 0 aliphatic carbocycles. The van der Waals surface area contributed by atoms with Crippen LogP contribution in [0.2, 0.25) is 0 Å². The Morgan fingerprint density at radius 2 is 2.06 bits per heavy atom. The standard InChI is InChI=1S/C24H22N8O3/c1-14(2)24-27-22(30-35-24)21-19-11-31-20(12-34-16-5-4-8-25-10-16)28-29-23(31)17-9-15(33-3)6-7-18(17)32(19)13-26-21/h4-10,13-14H,11-12H2,1-3H3. The molecular weight excluding hydrogens is 448 g/mol. The van der Waals surface area contributed by atoms with Gasteiger partial charge in [-0.05, 0) is 30.3 Å². The Kier molecular flexibility index (Phi) is 5.02. The van der Waals surface area contributed by atoms with E-state index in [1.807, 2.05) is 53.3 Å². The molecule has 0 saturated carbocycles. The molecule has 0 bridgehead atoms. The van der Waals surface area contributed by atoms with Crippen molar-refractivity contribution in [3.05, 3.63) is 66.5 Å². The Balaban J connectivity index is 1.48. The number of ether oxygens (including phenoxy) is 2. The highest BCUT2D eigenvalue weighted by molar-refractivity contribution is 5.72. The number of hydrogen-bond donors (Lipinski definition) is 0. The van der Waals surface area contributed by atoms with Gasteiger partial charge < -0.3 is 18.6 Å². The summed E-state index contributed by atoms with van der Waals surface area (Å²) in [6, 6.07) is 9.51. The van der Waals surface area contributed by atoms with Crippen molar-refractivity contribution in [2.24, 2.45) is 0 Å². The molecule has 0 fully saturated rings. The summed E-state index contributed by atoms with van der Waals surface area (Å²) in [4.78, 5) is 13.3. The molecule has 1 aliphatic rings. The summed E-state index contributed by atoms with van der Waals surface area (Å²) in [5.41, 5.74) is 3.29. The summed E-state index contributed by atoms with van der Waals surface area (Å²) in [7, 11) is 1.64. The number of imidazole rings is 1. The largest absolute Gasteiger partial charge is 0.497 e. The van der Waals surface area contributed by atoms with Crippen molar-refractivity contribution in [3.8, 4) is 40.1 Å². The number of methoxy groups -OCH3 is 1. The van der Waals surface area contributed by atoms with Crippen molar-refractivity contribution in [2.45, 2.75) is 32.9 Å². The third kappa shape index (κ3) is 3.61. The number of hydrogen-bond acceptors (Lipinski definition) is 9. The lowest BCUT2D eigenvalue weighted by Crippen LogP contribution is -2.10. The molecule has 0 spiro atoms. The zero-order valence-corrected chi connectivity index (χ0v) is 19.4. The predicted molar refractivity (Wildman–Crippen MR) is 124 cm³/mol. The van der Waals surface area contributed by atoms with Gasteiger partial charge in [0.1, 0.15) is 30.1 Å². The van der Waals surface area contributed by atoms with E-state index >= 15 is 0 Å². The second-order valence-electron chi connectivity index (χ2n) is 8.41. The minimum Gasteiger partial charge on any atom is -0.497 e. The van der Waals surface area contributed by atoms with Crippen LogP contribution in [-0.4, -0.2) is 46.5 Å². The van der Waals surface area contributed by atoms with Crippen molar-refractivity contribution >= 4 is 0 Å². The molecule has 5 heterocycles. The third-order valence-corrected chi connectivity index (χ3v) is 5.86. The Morgan fingerprint density at radius 1 is 1.14 bits per heavy atom. The van der Waals surface area contributed by atoms with Crippen molar-refractivity contribution in [1.82, 2.24) is 39.4 Å². The van der Waals surface area contributed by atoms with Gasteiger partial charge in [-0.2, -0.15) is 4.98 Å². The van der Waals surface area contributed by atoms with Gasteiger partial charge in [0.25, 0.3) is 0 Å². The molecule has 11 heteroatoms. The van der Waals surface area contributed by atoms with E-state index in [0.717, 1.165) is 22.7 Å². The summed E-state index contributed by atoms with van der Waals surface area (Å²) < 4.78 is 20.9. The monoisotopic (exact) mass is 470 g/mol. The Labute approximate surface area is 200 Å². The average molecular weight is 470 g/mol. The summed E-state index contributed by atoms with van der Waals surface area (Å²) in [6.07, 6.45) is 5.13. The van der Waals surface area contributed by atoms with Gasteiger partial charge in [-0.15, -0.1) is 10.2 Å². The SMILES string of the molecule is COc1ccc2c(c1)-c1nnc(COc3cccnc3)n1Cc1c(-c3noc(C(C)C)n3)ncn1-2.